The first-order chi connectivity index (χ1) is 16.0. The summed E-state index contributed by atoms with van der Waals surface area (Å²) >= 11 is 7.62. The van der Waals surface area contributed by atoms with Crippen LogP contribution in [0.3, 0.4) is 0 Å². The van der Waals surface area contributed by atoms with Crippen molar-refractivity contribution >= 4 is 40.2 Å². The van der Waals surface area contributed by atoms with E-state index in [4.69, 9.17) is 20.9 Å². The molecule has 4 aromatic rings. The van der Waals surface area contributed by atoms with Gasteiger partial charge in [0.05, 0.1) is 29.3 Å². The molecule has 7 nitrogen and oxygen atoms in total. The fourth-order valence-electron chi connectivity index (χ4n) is 3.82. The number of nitrogens with one attached hydrogen (secondary N) is 1. The molecular formula is C24H19ClN4O3S. The first-order valence-corrected chi connectivity index (χ1v) is 11.4. The molecule has 2 aromatic heterocycles. The van der Waals surface area contributed by atoms with Crippen LogP contribution in [-0.2, 0) is 0 Å². The van der Waals surface area contributed by atoms with E-state index in [1.807, 2.05) is 54.8 Å². The van der Waals surface area contributed by atoms with Crippen molar-refractivity contribution in [2.24, 2.45) is 0 Å². The summed E-state index contributed by atoms with van der Waals surface area (Å²) in [5.74, 6) is 1.48. The molecule has 3 heterocycles. The van der Waals surface area contributed by atoms with Gasteiger partial charge in [-0.3, -0.25) is 4.90 Å². The molecule has 0 aliphatic carbocycles. The van der Waals surface area contributed by atoms with Gasteiger partial charge in [0, 0.05) is 16.8 Å². The zero-order valence-electron chi connectivity index (χ0n) is 17.8. The van der Waals surface area contributed by atoms with Gasteiger partial charge in [-0.25, -0.2) is 4.79 Å². The van der Waals surface area contributed by atoms with E-state index in [9.17, 15) is 4.79 Å². The third kappa shape index (κ3) is 3.99. The van der Waals surface area contributed by atoms with Crippen molar-refractivity contribution in [1.29, 1.82) is 0 Å². The lowest BCUT2D eigenvalue weighted by Crippen LogP contribution is -2.46. The minimum atomic E-state index is -0.492. The average Bonchev–Trinajstić information content (AvgIpc) is 3.52. The monoisotopic (exact) mass is 478 g/mol. The van der Waals surface area contributed by atoms with Crippen molar-refractivity contribution < 1.29 is 14.1 Å². The number of hydrogen-bond acceptors (Lipinski definition) is 6. The van der Waals surface area contributed by atoms with Crippen molar-refractivity contribution in [3.63, 3.8) is 0 Å². The molecule has 1 aliphatic rings. The van der Waals surface area contributed by atoms with Gasteiger partial charge < -0.3 is 14.6 Å². The zero-order chi connectivity index (χ0) is 22.9. The van der Waals surface area contributed by atoms with E-state index < -0.39 is 6.04 Å². The van der Waals surface area contributed by atoms with Crippen molar-refractivity contribution in [2.45, 2.75) is 13.0 Å². The summed E-state index contributed by atoms with van der Waals surface area (Å²) in [6, 6.07) is 17.7. The van der Waals surface area contributed by atoms with E-state index in [0.717, 1.165) is 10.4 Å². The molecule has 0 fully saturated rings. The molecule has 33 heavy (non-hydrogen) atoms. The summed E-state index contributed by atoms with van der Waals surface area (Å²) in [4.78, 5) is 20.4. The summed E-state index contributed by atoms with van der Waals surface area (Å²) < 4.78 is 11.0. The number of thiophene rings is 1. The number of carbonyl (C=O) groups is 1. The number of amides is 2. The van der Waals surface area contributed by atoms with Crippen LogP contribution >= 0.6 is 22.9 Å². The fraction of sp³-hybridized carbons (Fsp3) is 0.125. The molecule has 1 atom stereocenters. The first-order valence-electron chi connectivity index (χ1n) is 10.1. The molecule has 0 bridgehead atoms. The smallest absolute Gasteiger partial charge is 0.327 e. The van der Waals surface area contributed by atoms with Crippen LogP contribution in [0.15, 0.2) is 76.3 Å². The molecule has 166 valence electrons. The van der Waals surface area contributed by atoms with Gasteiger partial charge in [-0.05, 0) is 48.2 Å². The molecule has 1 N–H and O–H groups in total. The van der Waals surface area contributed by atoms with Gasteiger partial charge in [0.25, 0.3) is 5.89 Å². The SMILES string of the molecule is COc1cccc(N2C(=O)NC(c3ccc(Cl)cc3)C(c3nc(-c4cccs4)no3)=C2C)c1. The van der Waals surface area contributed by atoms with Crippen LogP contribution in [0.1, 0.15) is 24.4 Å². The largest absolute Gasteiger partial charge is 0.497 e. The molecule has 2 amide bonds. The highest BCUT2D eigenvalue weighted by atomic mass is 35.5. The van der Waals surface area contributed by atoms with Crippen molar-refractivity contribution in [3.05, 3.63) is 88.2 Å². The Morgan fingerprint density at radius 2 is 1.97 bits per heavy atom. The molecule has 1 unspecified atom stereocenters. The summed E-state index contributed by atoms with van der Waals surface area (Å²) in [6.07, 6.45) is 0. The minimum absolute atomic E-state index is 0.276. The molecule has 0 saturated heterocycles. The number of ether oxygens (including phenoxy) is 1. The maximum atomic E-state index is 13.3. The van der Waals surface area contributed by atoms with Gasteiger partial charge in [0.2, 0.25) is 5.82 Å². The molecule has 1 aliphatic heterocycles. The van der Waals surface area contributed by atoms with E-state index in [1.54, 1.807) is 30.2 Å². The fourth-order valence-corrected chi connectivity index (χ4v) is 4.60. The molecular weight excluding hydrogens is 460 g/mol. The van der Waals surface area contributed by atoms with E-state index in [-0.39, 0.29) is 6.03 Å². The maximum absolute atomic E-state index is 13.3. The van der Waals surface area contributed by atoms with Crippen LogP contribution in [0.25, 0.3) is 16.3 Å². The Kier molecular flexibility index (Phi) is 5.62. The molecule has 9 heteroatoms. The van der Waals surface area contributed by atoms with E-state index in [2.05, 4.69) is 15.5 Å². The zero-order valence-corrected chi connectivity index (χ0v) is 19.4. The maximum Gasteiger partial charge on any atom is 0.327 e. The first kappa shape index (κ1) is 21.2. The van der Waals surface area contributed by atoms with Gasteiger partial charge in [0.15, 0.2) is 0 Å². The van der Waals surface area contributed by atoms with Crippen LogP contribution < -0.4 is 15.0 Å². The number of benzene rings is 2. The highest BCUT2D eigenvalue weighted by Gasteiger charge is 2.36. The Hall–Kier alpha value is -3.62. The molecule has 0 saturated carbocycles. The number of halogens is 1. The van der Waals surface area contributed by atoms with E-state index >= 15 is 0 Å². The number of nitrogens with zero attached hydrogens (tertiary/aromatic N) is 3. The Balaban J connectivity index is 1.66. The van der Waals surface area contributed by atoms with E-state index in [0.29, 0.717) is 39.4 Å². The summed E-state index contributed by atoms with van der Waals surface area (Å²) in [6.45, 7) is 1.87. The normalized spacial score (nSPS) is 16.2. The molecule has 2 aromatic carbocycles. The second-order valence-electron chi connectivity index (χ2n) is 7.37. The van der Waals surface area contributed by atoms with Gasteiger partial charge in [-0.15, -0.1) is 11.3 Å². The number of carbonyl (C=O) groups excluding carboxylic acids is 1. The number of aromatic nitrogens is 2. The lowest BCUT2D eigenvalue weighted by Gasteiger charge is -2.35. The lowest BCUT2D eigenvalue weighted by molar-refractivity contribution is 0.244. The van der Waals surface area contributed by atoms with E-state index in [1.165, 1.54) is 11.3 Å². The lowest BCUT2D eigenvalue weighted by atomic mass is 9.94. The van der Waals surface area contributed by atoms with Gasteiger partial charge >= 0.3 is 6.03 Å². The quantitative estimate of drug-likeness (QED) is 0.371. The Morgan fingerprint density at radius 1 is 1.15 bits per heavy atom. The van der Waals surface area contributed by atoms with Crippen molar-refractivity contribution in [1.82, 2.24) is 15.5 Å². The topological polar surface area (TPSA) is 80.5 Å². The van der Waals surface area contributed by atoms with Gasteiger partial charge in [-0.1, -0.05) is 41.0 Å². The summed E-state index contributed by atoms with van der Waals surface area (Å²) in [7, 11) is 1.59. The van der Waals surface area contributed by atoms with Crippen LogP contribution in [0.2, 0.25) is 5.02 Å². The number of methoxy groups -OCH3 is 1. The van der Waals surface area contributed by atoms with Crippen molar-refractivity contribution in [3.8, 4) is 16.5 Å². The average molecular weight is 479 g/mol. The highest BCUT2D eigenvalue weighted by Crippen LogP contribution is 2.40. The van der Waals surface area contributed by atoms with Crippen LogP contribution in [0.4, 0.5) is 10.5 Å². The van der Waals surface area contributed by atoms with Gasteiger partial charge in [0.1, 0.15) is 5.75 Å². The number of anilines is 1. The van der Waals surface area contributed by atoms with Crippen LogP contribution in [0, 0.1) is 0 Å². The number of urea groups is 1. The summed E-state index contributed by atoms with van der Waals surface area (Å²) in [5, 5.41) is 9.82. The Labute approximate surface area is 199 Å². The molecule has 0 radical (unpaired) electrons. The molecule has 5 rings (SSSR count). The standard InChI is InChI=1S/C24H19ClN4O3S/c1-14-20(23-27-22(28-32-23)19-7-4-12-33-19)21(15-8-10-16(25)11-9-15)26-24(30)29(14)17-5-3-6-18(13-17)31-2/h3-13,21H,1-2H3,(H,26,30). The number of allylic oxidation sites excluding steroid dienone is 1. The molecule has 0 spiro atoms. The minimum Gasteiger partial charge on any atom is -0.497 e. The second-order valence-corrected chi connectivity index (χ2v) is 8.75. The van der Waals surface area contributed by atoms with Crippen LogP contribution in [0.5, 0.6) is 5.75 Å². The second kappa shape index (κ2) is 8.73. The van der Waals surface area contributed by atoms with Gasteiger partial charge in [-0.2, -0.15) is 4.98 Å². The highest BCUT2D eigenvalue weighted by molar-refractivity contribution is 7.13. The van der Waals surface area contributed by atoms with Crippen LogP contribution in [-0.4, -0.2) is 23.3 Å². The third-order valence-electron chi connectivity index (χ3n) is 5.40. The number of hydrogen-bond donors (Lipinski definition) is 1. The van der Waals surface area contributed by atoms with Crippen molar-refractivity contribution in [2.75, 3.05) is 12.0 Å². The third-order valence-corrected chi connectivity index (χ3v) is 6.52. The number of rotatable bonds is 5. The predicted octanol–water partition coefficient (Wildman–Crippen LogP) is 6.16. The predicted molar refractivity (Wildman–Crippen MR) is 128 cm³/mol. The Morgan fingerprint density at radius 3 is 2.70 bits per heavy atom. The summed E-state index contributed by atoms with van der Waals surface area (Å²) in [5.41, 5.74) is 2.89. The Bertz CT molecular complexity index is 1330.